The Bertz CT molecular complexity index is 460. The number of amides is 1. The SMILES string of the molecule is CC(C)(C)OC(=O)N[C@H](CO)c1ccc(F)c(Cl)c1. The van der Waals surface area contributed by atoms with E-state index >= 15 is 0 Å². The zero-order chi connectivity index (χ0) is 14.6. The third-order valence-corrected chi connectivity index (χ3v) is 2.51. The zero-order valence-corrected chi connectivity index (χ0v) is 11.8. The average Bonchev–Trinajstić information content (AvgIpc) is 2.27. The summed E-state index contributed by atoms with van der Waals surface area (Å²) < 4.78 is 18.1. The predicted molar refractivity (Wildman–Crippen MR) is 70.6 cm³/mol. The van der Waals surface area contributed by atoms with Crippen LogP contribution in [0.2, 0.25) is 5.02 Å². The van der Waals surface area contributed by atoms with Gasteiger partial charge in [0.2, 0.25) is 0 Å². The highest BCUT2D eigenvalue weighted by Gasteiger charge is 2.20. The van der Waals surface area contributed by atoms with Crippen molar-refractivity contribution in [2.75, 3.05) is 6.61 Å². The number of aliphatic hydroxyl groups is 1. The number of benzene rings is 1. The van der Waals surface area contributed by atoms with Crippen molar-refractivity contribution < 1.29 is 19.0 Å². The Hall–Kier alpha value is -1.33. The maximum atomic E-state index is 13.0. The van der Waals surface area contributed by atoms with Gasteiger partial charge in [0.25, 0.3) is 0 Å². The van der Waals surface area contributed by atoms with Gasteiger partial charge in [-0.2, -0.15) is 0 Å². The second kappa shape index (κ2) is 6.21. The first-order chi connectivity index (χ1) is 8.73. The van der Waals surface area contributed by atoms with E-state index in [9.17, 15) is 14.3 Å². The first kappa shape index (κ1) is 15.7. The van der Waals surface area contributed by atoms with Crippen LogP contribution in [0.4, 0.5) is 9.18 Å². The van der Waals surface area contributed by atoms with Gasteiger partial charge in [-0.3, -0.25) is 0 Å². The summed E-state index contributed by atoms with van der Waals surface area (Å²) in [5, 5.41) is 11.7. The van der Waals surface area contributed by atoms with Crippen LogP contribution in [0.3, 0.4) is 0 Å². The number of carbonyl (C=O) groups excluding carboxylic acids is 1. The van der Waals surface area contributed by atoms with Gasteiger partial charge in [-0.05, 0) is 38.5 Å². The number of hydrogen-bond acceptors (Lipinski definition) is 3. The van der Waals surface area contributed by atoms with Crippen molar-refractivity contribution in [1.29, 1.82) is 0 Å². The van der Waals surface area contributed by atoms with Crippen molar-refractivity contribution in [3.63, 3.8) is 0 Å². The molecule has 1 aromatic carbocycles. The Morgan fingerprint density at radius 2 is 2.16 bits per heavy atom. The molecule has 0 saturated carbocycles. The standard InChI is InChI=1S/C13H17ClFNO3/c1-13(2,3)19-12(18)16-11(7-17)8-4-5-10(15)9(14)6-8/h4-6,11,17H,7H2,1-3H3,(H,16,18)/t11-/m1/s1. The molecule has 1 atom stereocenters. The molecule has 1 aromatic rings. The molecular weight excluding hydrogens is 273 g/mol. The average molecular weight is 290 g/mol. The fourth-order valence-corrected chi connectivity index (χ4v) is 1.60. The van der Waals surface area contributed by atoms with E-state index in [2.05, 4.69) is 5.32 Å². The van der Waals surface area contributed by atoms with Crippen molar-refractivity contribution in [1.82, 2.24) is 5.32 Å². The smallest absolute Gasteiger partial charge is 0.408 e. The first-order valence-corrected chi connectivity index (χ1v) is 6.16. The van der Waals surface area contributed by atoms with Crippen LogP contribution in [0.25, 0.3) is 0 Å². The van der Waals surface area contributed by atoms with Gasteiger partial charge in [-0.1, -0.05) is 17.7 Å². The van der Waals surface area contributed by atoms with Gasteiger partial charge >= 0.3 is 6.09 Å². The molecule has 1 amide bonds. The number of halogens is 2. The van der Waals surface area contributed by atoms with Crippen LogP contribution in [0, 0.1) is 5.82 Å². The summed E-state index contributed by atoms with van der Waals surface area (Å²) in [7, 11) is 0. The quantitative estimate of drug-likeness (QED) is 0.899. The molecule has 0 spiro atoms. The van der Waals surface area contributed by atoms with Crippen LogP contribution in [0.5, 0.6) is 0 Å². The molecule has 6 heteroatoms. The lowest BCUT2D eigenvalue weighted by Crippen LogP contribution is -2.36. The number of ether oxygens (including phenoxy) is 1. The van der Waals surface area contributed by atoms with Crippen molar-refractivity contribution in [3.05, 3.63) is 34.6 Å². The van der Waals surface area contributed by atoms with Gasteiger partial charge in [0.05, 0.1) is 17.7 Å². The number of rotatable bonds is 3. The second-order valence-electron chi connectivity index (χ2n) is 5.05. The molecule has 0 aliphatic rings. The molecule has 0 radical (unpaired) electrons. The van der Waals surface area contributed by atoms with Crippen LogP contribution < -0.4 is 5.32 Å². The van der Waals surface area contributed by atoms with E-state index < -0.39 is 23.6 Å². The highest BCUT2D eigenvalue weighted by molar-refractivity contribution is 6.30. The molecule has 1 rings (SSSR count). The second-order valence-corrected chi connectivity index (χ2v) is 5.46. The van der Waals surface area contributed by atoms with Crippen LogP contribution in [-0.4, -0.2) is 23.4 Å². The Morgan fingerprint density at radius 3 is 2.63 bits per heavy atom. The van der Waals surface area contributed by atoms with Crippen molar-refractivity contribution in [3.8, 4) is 0 Å². The number of aliphatic hydroxyl groups excluding tert-OH is 1. The molecule has 0 heterocycles. The first-order valence-electron chi connectivity index (χ1n) is 5.78. The Balaban J connectivity index is 2.78. The minimum absolute atomic E-state index is 0.0676. The van der Waals surface area contributed by atoms with Gasteiger partial charge in [-0.15, -0.1) is 0 Å². The molecule has 0 aliphatic carbocycles. The van der Waals surface area contributed by atoms with E-state index in [0.717, 1.165) is 0 Å². The van der Waals surface area contributed by atoms with Gasteiger partial charge in [0, 0.05) is 0 Å². The van der Waals surface area contributed by atoms with Gasteiger partial charge in [-0.25, -0.2) is 9.18 Å². The Labute approximate surface area is 116 Å². The zero-order valence-electron chi connectivity index (χ0n) is 11.0. The van der Waals surface area contributed by atoms with E-state index in [1.807, 2.05) is 0 Å². The number of alkyl carbamates (subject to hydrolysis) is 1. The molecule has 0 fully saturated rings. The number of nitrogens with one attached hydrogen (secondary N) is 1. The summed E-state index contributed by atoms with van der Waals surface area (Å²) in [5.41, 5.74) is -0.135. The lowest BCUT2D eigenvalue weighted by atomic mass is 10.1. The molecule has 19 heavy (non-hydrogen) atoms. The van der Waals surface area contributed by atoms with E-state index in [4.69, 9.17) is 16.3 Å². The molecule has 106 valence electrons. The monoisotopic (exact) mass is 289 g/mol. The summed E-state index contributed by atoms with van der Waals surface area (Å²) in [6.45, 7) is 4.85. The van der Waals surface area contributed by atoms with E-state index in [-0.39, 0.29) is 11.6 Å². The van der Waals surface area contributed by atoms with Crippen LogP contribution >= 0.6 is 11.6 Å². The van der Waals surface area contributed by atoms with Gasteiger partial charge in [0.15, 0.2) is 0 Å². The summed E-state index contributed by atoms with van der Waals surface area (Å²) >= 11 is 5.66. The summed E-state index contributed by atoms with van der Waals surface area (Å²) in [6, 6.07) is 3.28. The van der Waals surface area contributed by atoms with Crippen LogP contribution in [0.1, 0.15) is 32.4 Å². The third-order valence-electron chi connectivity index (χ3n) is 2.22. The number of hydrogen-bond donors (Lipinski definition) is 2. The minimum atomic E-state index is -0.701. The highest BCUT2D eigenvalue weighted by atomic mass is 35.5. The predicted octanol–water partition coefficient (Wildman–Crippen LogP) is 3.04. The molecule has 0 aromatic heterocycles. The number of carbonyl (C=O) groups is 1. The molecule has 4 nitrogen and oxygen atoms in total. The molecule has 0 aliphatic heterocycles. The lowest BCUT2D eigenvalue weighted by Gasteiger charge is -2.23. The Morgan fingerprint density at radius 1 is 1.53 bits per heavy atom. The summed E-state index contributed by atoms with van der Waals surface area (Å²) in [4.78, 5) is 11.6. The van der Waals surface area contributed by atoms with Crippen LogP contribution in [0.15, 0.2) is 18.2 Å². The summed E-state index contributed by atoms with van der Waals surface area (Å²) in [5.74, 6) is -0.556. The van der Waals surface area contributed by atoms with E-state index in [1.54, 1.807) is 20.8 Å². The summed E-state index contributed by atoms with van der Waals surface area (Å²) in [6.07, 6.45) is -0.660. The maximum absolute atomic E-state index is 13.0. The largest absolute Gasteiger partial charge is 0.444 e. The molecule has 0 unspecified atom stereocenters. The lowest BCUT2D eigenvalue weighted by molar-refractivity contribution is 0.0482. The van der Waals surface area contributed by atoms with Gasteiger partial charge < -0.3 is 15.2 Å². The van der Waals surface area contributed by atoms with Crippen molar-refractivity contribution in [2.24, 2.45) is 0 Å². The molecule has 0 bridgehead atoms. The topological polar surface area (TPSA) is 58.6 Å². The normalized spacial score (nSPS) is 12.9. The van der Waals surface area contributed by atoms with E-state index in [0.29, 0.717) is 5.56 Å². The van der Waals surface area contributed by atoms with Gasteiger partial charge in [0.1, 0.15) is 11.4 Å². The maximum Gasteiger partial charge on any atom is 0.408 e. The van der Waals surface area contributed by atoms with Crippen LogP contribution in [-0.2, 0) is 4.74 Å². The minimum Gasteiger partial charge on any atom is -0.444 e. The molecule has 2 N–H and O–H groups in total. The fourth-order valence-electron chi connectivity index (χ4n) is 1.41. The molecular formula is C13H17ClFNO3. The van der Waals surface area contributed by atoms with E-state index in [1.165, 1.54) is 18.2 Å². The highest BCUT2D eigenvalue weighted by Crippen LogP contribution is 2.21. The van der Waals surface area contributed by atoms with Crippen molar-refractivity contribution in [2.45, 2.75) is 32.4 Å². The molecule has 0 saturated heterocycles. The third kappa shape index (κ3) is 5.04. The Kier molecular flexibility index (Phi) is 5.14. The fraction of sp³-hybridized carbons (Fsp3) is 0.462. The van der Waals surface area contributed by atoms with Crippen molar-refractivity contribution >= 4 is 17.7 Å².